The molecule has 200 valence electrons. The van der Waals surface area contributed by atoms with Gasteiger partial charge in [-0.2, -0.15) is 0 Å². The maximum absolute atomic E-state index is 2.79. The molecule has 0 aromatic carbocycles. The molecule has 3 fully saturated rings. The highest BCUT2D eigenvalue weighted by Gasteiger charge is 2.58. The predicted molar refractivity (Wildman–Crippen MR) is 153 cm³/mol. The molecule has 0 radical (unpaired) electrons. The van der Waals surface area contributed by atoms with Crippen molar-refractivity contribution < 1.29 is 0 Å². The number of hydrogen-bond donors (Lipinski definition) is 0. The maximum atomic E-state index is 2.79. The summed E-state index contributed by atoms with van der Waals surface area (Å²) >= 11 is 0. The van der Waals surface area contributed by atoms with Crippen LogP contribution in [-0.4, -0.2) is 50.6 Å². The summed E-state index contributed by atoms with van der Waals surface area (Å²) in [5, 5.41) is 0. The monoisotopic (exact) mass is 482 g/mol. The van der Waals surface area contributed by atoms with Crippen LogP contribution in [0.25, 0.3) is 0 Å². The SMILES string of the molecule is CC(C)/C(=C\C[C@@H](C)[C@H]1CC[C@H]2C3=CC[C@H]4C[C@H](N(C)C)CC[C@]4(C)[C@H]3CC[C@]12C)CCN(C)C. The van der Waals surface area contributed by atoms with E-state index in [2.05, 4.69) is 84.8 Å². The smallest absolute Gasteiger partial charge is 0.00923 e. The van der Waals surface area contributed by atoms with Gasteiger partial charge in [0.1, 0.15) is 0 Å². The van der Waals surface area contributed by atoms with Crippen molar-refractivity contribution in [1.82, 2.24) is 9.80 Å². The lowest BCUT2D eigenvalue weighted by Crippen LogP contribution is -2.51. The maximum Gasteiger partial charge on any atom is 0.00923 e. The van der Waals surface area contributed by atoms with Gasteiger partial charge < -0.3 is 9.80 Å². The van der Waals surface area contributed by atoms with Gasteiger partial charge in [0.2, 0.25) is 0 Å². The summed E-state index contributed by atoms with van der Waals surface area (Å²) < 4.78 is 0. The molecule has 35 heavy (non-hydrogen) atoms. The third kappa shape index (κ3) is 5.22. The van der Waals surface area contributed by atoms with Crippen LogP contribution in [0.15, 0.2) is 23.3 Å². The van der Waals surface area contributed by atoms with E-state index in [0.29, 0.717) is 16.7 Å². The van der Waals surface area contributed by atoms with Gasteiger partial charge in [-0.3, -0.25) is 0 Å². The van der Waals surface area contributed by atoms with E-state index >= 15 is 0 Å². The lowest BCUT2D eigenvalue weighted by atomic mass is 9.47. The van der Waals surface area contributed by atoms with Crippen LogP contribution in [-0.2, 0) is 0 Å². The molecular weight excluding hydrogens is 424 g/mol. The van der Waals surface area contributed by atoms with Crippen molar-refractivity contribution >= 4 is 0 Å². The van der Waals surface area contributed by atoms with Crippen molar-refractivity contribution in [3.8, 4) is 0 Å². The molecule has 0 bridgehead atoms. The Morgan fingerprint density at radius 2 is 1.66 bits per heavy atom. The minimum Gasteiger partial charge on any atom is -0.309 e. The lowest BCUT2D eigenvalue weighted by Gasteiger charge is -2.58. The second-order valence-corrected chi connectivity index (χ2v) is 14.6. The Hall–Kier alpha value is -0.600. The van der Waals surface area contributed by atoms with Crippen LogP contribution in [0.2, 0.25) is 0 Å². The summed E-state index contributed by atoms with van der Waals surface area (Å²) in [5.41, 5.74) is 4.70. The lowest BCUT2D eigenvalue weighted by molar-refractivity contribution is -0.0249. The van der Waals surface area contributed by atoms with Gasteiger partial charge in [0.25, 0.3) is 0 Å². The Morgan fingerprint density at radius 1 is 0.971 bits per heavy atom. The van der Waals surface area contributed by atoms with E-state index in [-0.39, 0.29) is 0 Å². The first-order valence-corrected chi connectivity index (χ1v) is 15.2. The minimum atomic E-state index is 0.529. The molecular formula is C33H58N2. The zero-order valence-corrected chi connectivity index (χ0v) is 24.9. The fraction of sp³-hybridized carbons (Fsp3) is 0.879. The standard InChI is InChI=1S/C33H58N2/c1-23(2)25(18-21-34(6)7)11-10-24(3)29-14-15-30-28-13-12-26-22-27(35(8)9)16-19-32(26,4)31(28)17-20-33(29,30)5/h11,13,23-24,26-27,29-31H,10,12,14-22H2,1-9H3/b25-11-/t24-,26+,27-,29-,30+,31+,32+,33-/m1/s1. The number of fused-ring (bicyclic) bond motifs is 5. The van der Waals surface area contributed by atoms with Gasteiger partial charge in [-0.1, -0.05) is 57.9 Å². The largest absolute Gasteiger partial charge is 0.309 e. The van der Waals surface area contributed by atoms with Crippen LogP contribution in [0.5, 0.6) is 0 Å². The molecule has 0 heterocycles. The highest BCUT2D eigenvalue weighted by molar-refractivity contribution is 5.28. The summed E-state index contributed by atoms with van der Waals surface area (Å²) in [7, 11) is 9.00. The minimum absolute atomic E-state index is 0.529. The van der Waals surface area contributed by atoms with Gasteiger partial charge in [-0.15, -0.1) is 0 Å². The number of allylic oxidation sites excluding steroid dienone is 3. The Labute approximate surface area is 219 Å². The Kier molecular flexibility index (Phi) is 8.34. The average molecular weight is 483 g/mol. The van der Waals surface area contributed by atoms with E-state index in [1.165, 1.54) is 70.8 Å². The molecule has 0 amide bonds. The van der Waals surface area contributed by atoms with E-state index in [0.717, 1.165) is 35.6 Å². The number of hydrogen-bond acceptors (Lipinski definition) is 2. The fourth-order valence-corrected chi connectivity index (χ4v) is 9.41. The van der Waals surface area contributed by atoms with Gasteiger partial charge in [0.15, 0.2) is 0 Å². The zero-order chi connectivity index (χ0) is 25.5. The average Bonchev–Trinajstić information content (AvgIpc) is 3.15. The first-order valence-electron chi connectivity index (χ1n) is 15.2. The van der Waals surface area contributed by atoms with E-state index in [1.807, 2.05) is 5.57 Å². The molecule has 0 unspecified atom stereocenters. The molecule has 8 atom stereocenters. The molecule has 4 rings (SSSR count). The quantitative estimate of drug-likeness (QED) is 0.323. The Bertz CT molecular complexity index is 791. The second kappa shape index (κ2) is 10.6. The Morgan fingerprint density at radius 3 is 2.31 bits per heavy atom. The number of rotatable bonds is 8. The molecule has 0 aromatic heterocycles. The van der Waals surface area contributed by atoms with Crippen molar-refractivity contribution in [1.29, 1.82) is 0 Å². The summed E-state index contributed by atoms with van der Waals surface area (Å²) in [6.45, 7) is 13.9. The molecule has 0 aliphatic heterocycles. The Balaban J connectivity index is 1.47. The van der Waals surface area contributed by atoms with Gasteiger partial charge in [0, 0.05) is 12.6 Å². The van der Waals surface area contributed by atoms with Crippen LogP contribution in [0.4, 0.5) is 0 Å². The van der Waals surface area contributed by atoms with Crippen LogP contribution in [0.3, 0.4) is 0 Å². The summed E-state index contributed by atoms with van der Waals surface area (Å²) in [6.07, 6.45) is 19.4. The molecule has 0 spiro atoms. The zero-order valence-electron chi connectivity index (χ0n) is 24.9. The molecule has 2 heteroatoms. The van der Waals surface area contributed by atoms with Crippen LogP contribution in [0.1, 0.15) is 98.8 Å². The van der Waals surface area contributed by atoms with E-state index in [9.17, 15) is 0 Å². The van der Waals surface area contributed by atoms with Gasteiger partial charge >= 0.3 is 0 Å². The molecule has 3 saturated carbocycles. The van der Waals surface area contributed by atoms with Crippen LogP contribution >= 0.6 is 0 Å². The van der Waals surface area contributed by atoms with Crippen molar-refractivity contribution in [3.05, 3.63) is 23.3 Å². The van der Waals surface area contributed by atoms with E-state index in [1.54, 1.807) is 5.57 Å². The normalized spacial score (nSPS) is 40.5. The van der Waals surface area contributed by atoms with E-state index < -0.39 is 0 Å². The van der Waals surface area contributed by atoms with E-state index in [4.69, 9.17) is 0 Å². The van der Waals surface area contributed by atoms with Crippen molar-refractivity contribution in [2.45, 2.75) is 105 Å². The summed E-state index contributed by atoms with van der Waals surface area (Å²) in [5.74, 6) is 5.00. The summed E-state index contributed by atoms with van der Waals surface area (Å²) in [6, 6.07) is 0.801. The predicted octanol–water partition coefficient (Wildman–Crippen LogP) is 8.06. The van der Waals surface area contributed by atoms with Crippen molar-refractivity contribution in [2.75, 3.05) is 34.7 Å². The van der Waals surface area contributed by atoms with Crippen molar-refractivity contribution in [2.24, 2.45) is 46.3 Å². The first kappa shape index (κ1) is 27.4. The highest BCUT2D eigenvalue weighted by atomic mass is 15.1. The molecule has 2 nitrogen and oxygen atoms in total. The third-order valence-electron chi connectivity index (χ3n) is 11.9. The van der Waals surface area contributed by atoms with Gasteiger partial charge in [-0.05, 0) is 139 Å². The molecule has 4 aliphatic carbocycles. The second-order valence-electron chi connectivity index (χ2n) is 14.6. The van der Waals surface area contributed by atoms with Crippen LogP contribution in [0, 0.1) is 46.3 Å². The first-order chi connectivity index (χ1) is 16.5. The molecule has 0 aromatic rings. The summed E-state index contributed by atoms with van der Waals surface area (Å²) in [4.78, 5) is 4.83. The molecule has 4 aliphatic rings. The molecule has 0 N–H and O–H groups in total. The highest BCUT2D eigenvalue weighted by Crippen LogP contribution is 2.67. The third-order valence-corrected chi connectivity index (χ3v) is 11.9. The van der Waals surface area contributed by atoms with Gasteiger partial charge in [-0.25, -0.2) is 0 Å². The van der Waals surface area contributed by atoms with Crippen molar-refractivity contribution in [3.63, 3.8) is 0 Å². The van der Waals surface area contributed by atoms with Gasteiger partial charge in [0.05, 0.1) is 0 Å². The number of nitrogens with zero attached hydrogens (tertiary/aromatic N) is 2. The topological polar surface area (TPSA) is 6.48 Å². The molecule has 0 saturated heterocycles. The van der Waals surface area contributed by atoms with Crippen LogP contribution < -0.4 is 0 Å². The fourth-order valence-electron chi connectivity index (χ4n) is 9.41.